The van der Waals surface area contributed by atoms with Crippen LogP contribution in [0.1, 0.15) is 11.8 Å². The highest BCUT2D eigenvalue weighted by atomic mass is 32.1. The van der Waals surface area contributed by atoms with Gasteiger partial charge in [0.2, 0.25) is 17.6 Å². The number of thiophene rings is 1. The smallest absolute Gasteiger partial charge is 0.406 e. The Morgan fingerprint density at radius 1 is 1.28 bits per heavy atom. The van der Waals surface area contributed by atoms with Gasteiger partial charge in [-0.2, -0.15) is 4.98 Å². The molecule has 29 heavy (non-hydrogen) atoms. The molecule has 1 saturated heterocycles. The Kier molecular flexibility index (Phi) is 5.24. The minimum Gasteiger partial charge on any atom is -0.406 e. The van der Waals surface area contributed by atoms with Gasteiger partial charge in [0.1, 0.15) is 5.75 Å². The zero-order valence-electron chi connectivity index (χ0n) is 14.8. The Balaban J connectivity index is 1.24. The van der Waals surface area contributed by atoms with Crippen molar-refractivity contribution in [2.45, 2.75) is 12.3 Å². The molecule has 0 radical (unpaired) electrons. The number of amides is 1. The van der Waals surface area contributed by atoms with Crippen molar-refractivity contribution < 1.29 is 27.2 Å². The van der Waals surface area contributed by atoms with E-state index in [1.807, 2.05) is 22.4 Å². The number of benzene rings is 1. The molecular weight excluding hydrogens is 409 g/mol. The number of ether oxygens (including phenoxy) is 1. The Morgan fingerprint density at radius 3 is 2.69 bits per heavy atom. The van der Waals surface area contributed by atoms with Crippen molar-refractivity contribution in [1.82, 2.24) is 15.0 Å². The molecule has 1 fully saturated rings. The van der Waals surface area contributed by atoms with Crippen LogP contribution >= 0.6 is 11.3 Å². The molecule has 0 aliphatic carbocycles. The minimum atomic E-state index is -4.75. The van der Waals surface area contributed by atoms with Crippen LogP contribution in [0.5, 0.6) is 5.75 Å². The molecule has 2 aromatic heterocycles. The second kappa shape index (κ2) is 7.84. The van der Waals surface area contributed by atoms with Crippen LogP contribution in [0, 0.1) is 0 Å². The summed E-state index contributed by atoms with van der Waals surface area (Å²) in [5.41, 5.74) is 0.388. The average molecular weight is 424 g/mol. The fourth-order valence-corrected chi connectivity index (χ4v) is 3.55. The van der Waals surface area contributed by atoms with Gasteiger partial charge in [-0.05, 0) is 35.7 Å². The van der Waals surface area contributed by atoms with E-state index in [1.54, 1.807) is 0 Å². The first-order valence-electron chi connectivity index (χ1n) is 8.61. The van der Waals surface area contributed by atoms with Crippen molar-refractivity contribution >= 4 is 22.9 Å². The first-order valence-corrected chi connectivity index (χ1v) is 9.49. The van der Waals surface area contributed by atoms with Gasteiger partial charge in [-0.1, -0.05) is 11.2 Å². The van der Waals surface area contributed by atoms with Crippen molar-refractivity contribution in [2.24, 2.45) is 0 Å². The van der Waals surface area contributed by atoms with Crippen molar-refractivity contribution in [3.63, 3.8) is 0 Å². The molecule has 1 aromatic carbocycles. The quantitative estimate of drug-likeness (QED) is 0.650. The van der Waals surface area contributed by atoms with E-state index in [9.17, 15) is 18.0 Å². The number of anilines is 1. The van der Waals surface area contributed by atoms with Gasteiger partial charge in [-0.25, -0.2) is 0 Å². The van der Waals surface area contributed by atoms with Crippen molar-refractivity contribution in [1.29, 1.82) is 0 Å². The summed E-state index contributed by atoms with van der Waals surface area (Å²) in [4.78, 5) is 19.4. The number of likely N-dealkylation sites (tertiary alicyclic amines) is 1. The number of alkyl halides is 3. The van der Waals surface area contributed by atoms with Crippen LogP contribution in [-0.2, 0) is 4.79 Å². The minimum absolute atomic E-state index is 0.0720. The molecule has 1 N–H and O–H groups in total. The van der Waals surface area contributed by atoms with E-state index in [1.165, 1.54) is 23.5 Å². The number of hydrogen-bond donors (Lipinski definition) is 1. The Morgan fingerprint density at radius 2 is 2.03 bits per heavy atom. The van der Waals surface area contributed by atoms with Gasteiger partial charge in [0.05, 0.1) is 17.3 Å². The summed E-state index contributed by atoms with van der Waals surface area (Å²) in [6, 6.07) is 8.81. The highest BCUT2D eigenvalue weighted by Crippen LogP contribution is 2.29. The molecule has 1 aliphatic heterocycles. The summed E-state index contributed by atoms with van der Waals surface area (Å²) >= 11 is 1.53. The summed E-state index contributed by atoms with van der Waals surface area (Å²) in [6.07, 6.45) is -4.75. The average Bonchev–Trinajstić information content (AvgIpc) is 3.29. The van der Waals surface area contributed by atoms with Crippen molar-refractivity contribution in [3.8, 4) is 16.5 Å². The number of nitrogens with one attached hydrogen (secondary N) is 1. The molecule has 11 heteroatoms. The molecule has 0 bridgehead atoms. The van der Waals surface area contributed by atoms with E-state index in [2.05, 4.69) is 20.2 Å². The first kappa shape index (κ1) is 19.4. The van der Waals surface area contributed by atoms with Gasteiger partial charge in [-0.3, -0.25) is 9.69 Å². The number of halogens is 3. The van der Waals surface area contributed by atoms with Gasteiger partial charge in [0.15, 0.2) is 0 Å². The molecule has 0 atom stereocenters. The van der Waals surface area contributed by atoms with Crippen LogP contribution in [0.2, 0.25) is 0 Å². The summed E-state index contributed by atoms with van der Waals surface area (Å²) < 4.78 is 45.6. The van der Waals surface area contributed by atoms with Crippen LogP contribution in [-0.4, -0.2) is 46.9 Å². The number of aromatic nitrogens is 2. The van der Waals surface area contributed by atoms with Gasteiger partial charge in [0, 0.05) is 18.8 Å². The molecular formula is C18H15F3N4O3S. The second-order valence-corrected chi connectivity index (χ2v) is 7.39. The maximum Gasteiger partial charge on any atom is 0.573 e. The van der Waals surface area contributed by atoms with Crippen LogP contribution in [0.25, 0.3) is 10.7 Å². The third-order valence-electron chi connectivity index (χ3n) is 4.23. The lowest BCUT2D eigenvalue weighted by molar-refractivity contribution is -0.274. The molecule has 7 nitrogen and oxygen atoms in total. The van der Waals surface area contributed by atoms with Gasteiger partial charge in [-0.15, -0.1) is 24.5 Å². The third-order valence-corrected chi connectivity index (χ3v) is 5.09. The summed E-state index contributed by atoms with van der Waals surface area (Å²) in [6.45, 7) is 1.37. The molecule has 3 aromatic rings. The lowest BCUT2D eigenvalue weighted by Gasteiger charge is -2.36. The molecule has 0 saturated carbocycles. The van der Waals surface area contributed by atoms with E-state index in [-0.39, 0.29) is 24.1 Å². The van der Waals surface area contributed by atoms with Crippen molar-refractivity contribution in [3.05, 3.63) is 47.7 Å². The molecule has 3 heterocycles. The number of carbonyl (C=O) groups is 1. The van der Waals surface area contributed by atoms with E-state index < -0.39 is 6.36 Å². The van der Waals surface area contributed by atoms with Crippen LogP contribution in [0.4, 0.5) is 18.9 Å². The molecule has 0 spiro atoms. The van der Waals surface area contributed by atoms with Gasteiger partial charge < -0.3 is 14.6 Å². The lowest BCUT2D eigenvalue weighted by Crippen LogP contribution is -2.48. The van der Waals surface area contributed by atoms with Crippen molar-refractivity contribution in [2.75, 3.05) is 25.0 Å². The largest absolute Gasteiger partial charge is 0.573 e. The first-order chi connectivity index (χ1) is 13.9. The molecule has 4 rings (SSSR count). The summed E-state index contributed by atoms with van der Waals surface area (Å²) in [5, 5.41) is 8.56. The molecule has 1 amide bonds. The summed E-state index contributed by atoms with van der Waals surface area (Å²) in [5.74, 6) is 0.567. The molecule has 0 unspecified atom stereocenters. The fourth-order valence-electron chi connectivity index (χ4n) is 2.91. The monoisotopic (exact) mass is 424 g/mol. The number of nitrogens with zero attached hydrogens (tertiary/aromatic N) is 3. The van der Waals surface area contributed by atoms with Gasteiger partial charge >= 0.3 is 6.36 Å². The highest BCUT2D eigenvalue weighted by Gasteiger charge is 2.34. The Labute approximate surface area is 167 Å². The predicted octanol–water partition coefficient (Wildman–Crippen LogP) is 3.73. The normalized spacial score (nSPS) is 15.1. The zero-order valence-corrected chi connectivity index (χ0v) is 15.7. The van der Waals surface area contributed by atoms with Crippen LogP contribution in [0.15, 0.2) is 46.3 Å². The molecule has 152 valence electrons. The fraction of sp³-hybridized carbons (Fsp3) is 0.278. The number of rotatable bonds is 6. The van der Waals surface area contributed by atoms with E-state index in [0.717, 1.165) is 17.0 Å². The Hall–Kier alpha value is -2.92. The predicted molar refractivity (Wildman–Crippen MR) is 98.5 cm³/mol. The second-order valence-electron chi connectivity index (χ2n) is 6.44. The lowest BCUT2D eigenvalue weighted by atomic mass is 10.0. The maximum absolute atomic E-state index is 12.2. The van der Waals surface area contributed by atoms with E-state index >= 15 is 0 Å². The maximum atomic E-state index is 12.2. The van der Waals surface area contributed by atoms with Crippen LogP contribution < -0.4 is 10.1 Å². The highest BCUT2D eigenvalue weighted by molar-refractivity contribution is 7.13. The SMILES string of the molecule is O=C(CN1CC(c2nc(-c3cccs3)no2)C1)Nc1ccc(OC(F)(F)F)cc1. The zero-order chi connectivity index (χ0) is 20.4. The molecule has 1 aliphatic rings. The number of carbonyl (C=O) groups excluding carboxylic acids is 1. The summed E-state index contributed by atoms with van der Waals surface area (Å²) in [7, 11) is 0. The standard InChI is InChI=1S/C18H15F3N4O3S/c19-18(20,21)27-13-5-3-12(4-6-13)22-15(26)10-25-8-11(9-25)17-23-16(24-28-17)14-2-1-7-29-14/h1-7,11H,8-10H2,(H,22,26). The topological polar surface area (TPSA) is 80.5 Å². The number of hydrogen-bond acceptors (Lipinski definition) is 7. The van der Waals surface area contributed by atoms with E-state index in [4.69, 9.17) is 4.52 Å². The van der Waals surface area contributed by atoms with E-state index in [0.29, 0.717) is 30.5 Å². The van der Waals surface area contributed by atoms with Crippen LogP contribution in [0.3, 0.4) is 0 Å². The Bertz CT molecular complexity index is 967. The third kappa shape index (κ3) is 4.93. The van der Waals surface area contributed by atoms with Gasteiger partial charge in [0.25, 0.3) is 0 Å².